The van der Waals surface area contributed by atoms with E-state index in [-0.39, 0.29) is 86.1 Å². The van der Waals surface area contributed by atoms with Crippen LogP contribution in [0.1, 0.15) is 122 Å². The molecule has 4 aromatic rings. The Morgan fingerprint density at radius 1 is 0.774 bits per heavy atom. The molecule has 3 aromatic carbocycles. The number of benzene rings is 3. The number of carbonyl (C=O) groups excluding carboxylic acids is 1. The highest BCUT2D eigenvalue weighted by Gasteiger charge is 2.48. The van der Waals surface area contributed by atoms with E-state index in [9.17, 15) is 4.79 Å². The Bertz CT molecular complexity index is 2360. The average molecular weight is 891 g/mol. The molecule has 2 bridgehead atoms. The number of hydrogen-bond donors (Lipinski definition) is 0. The zero-order valence-electron chi connectivity index (χ0n) is 39.4. The third kappa shape index (κ3) is 8.35. The van der Waals surface area contributed by atoms with E-state index in [0.717, 1.165) is 6.07 Å². The Balaban J connectivity index is 1.61. The van der Waals surface area contributed by atoms with Gasteiger partial charge >= 0.3 is 12.2 Å². The van der Waals surface area contributed by atoms with Gasteiger partial charge < -0.3 is 14.1 Å². The molecule has 2 saturated heterocycles. The summed E-state index contributed by atoms with van der Waals surface area (Å²) in [6.45, 7) is 31.9. The molecule has 2 aliphatic rings. The maximum atomic E-state index is 17.6. The molecule has 0 N–H and O–H groups in total. The van der Waals surface area contributed by atoms with Crippen LogP contribution in [-0.4, -0.2) is 68.1 Å². The van der Waals surface area contributed by atoms with E-state index in [1.54, 1.807) is 21.9 Å². The SMILES string of the molecule is CC(C)[Si](C#Cc1c(F)ccc2cc(O[Si](C(C)C)(C(C)C)C(C)C)cc(-c3c(F)cc4c(N5C[C@H]6CC[C@@H](C5)N6C(=O)OC(C)(C)C)nc(F)nc4c3F)c12)(C(C)C)C(C)C. The van der Waals surface area contributed by atoms with E-state index in [1.165, 1.54) is 6.07 Å². The van der Waals surface area contributed by atoms with Crippen molar-refractivity contribution in [2.75, 3.05) is 18.0 Å². The molecule has 62 heavy (non-hydrogen) atoms. The second-order valence-electron chi connectivity index (χ2n) is 20.5. The Labute approximate surface area is 368 Å². The van der Waals surface area contributed by atoms with E-state index < -0.39 is 62.7 Å². The maximum Gasteiger partial charge on any atom is 0.410 e. The fraction of sp³-hybridized carbons (Fsp3) is 0.571. The fourth-order valence-corrected chi connectivity index (χ4v) is 21.7. The summed E-state index contributed by atoms with van der Waals surface area (Å²) >= 11 is 0. The van der Waals surface area contributed by atoms with Gasteiger partial charge in [-0.3, -0.25) is 4.90 Å². The minimum atomic E-state index is -2.61. The third-order valence-electron chi connectivity index (χ3n) is 13.8. The smallest absolute Gasteiger partial charge is 0.410 e. The van der Waals surface area contributed by atoms with E-state index in [4.69, 9.17) is 9.16 Å². The van der Waals surface area contributed by atoms with Gasteiger partial charge in [-0.05, 0) is 96.5 Å². The van der Waals surface area contributed by atoms with Crippen LogP contribution in [0.25, 0.3) is 32.8 Å². The average Bonchev–Trinajstić information content (AvgIpc) is 3.42. The van der Waals surface area contributed by atoms with Crippen molar-refractivity contribution >= 4 is 50.0 Å². The minimum absolute atomic E-state index is 0.00870. The van der Waals surface area contributed by atoms with Crippen molar-refractivity contribution in [3.63, 3.8) is 0 Å². The number of halogens is 4. The molecule has 3 heterocycles. The molecule has 1 amide bonds. The predicted molar refractivity (Wildman–Crippen MR) is 249 cm³/mol. The quantitative estimate of drug-likeness (QED) is 0.0684. The largest absolute Gasteiger partial charge is 0.543 e. The molecule has 0 unspecified atom stereocenters. The lowest BCUT2D eigenvalue weighted by molar-refractivity contribution is 0.0122. The first-order valence-corrected chi connectivity index (χ1v) is 26.8. The lowest BCUT2D eigenvalue weighted by Gasteiger charge is -2.42. The van der Waals surface area contributed by atoms with Crippen LogP contribution in [0.4, 0.5) is 28.2 Å². The molecular weight excluding hydrogens is 825 g/mol. The zero-order valence-corrected chi connectivity index (χ0v) is 41.4. The number of amides is 1. The second kappa shape index (κ2) is 17.4. The molecule has 0 aliphatic carbocycles. The van der Waals surface area contributed by atoms with Crippen LogP contribution < -0.4 is 9.33 Å². The first kappa shape index (κ1) is 47.3. The van der Waals surface area contributed by atoms with Crippen molar-refractivity contribution in [3.05, 3.63) is 59.4 Å². The fourth-order valence-electron chi connectivity index (χ4n) is 11.3. The molecule has 0 spiro atoms. The van der Waals surface area contributed by atoms with Gasteiger partial charge in [0.15, 0.2) is 5.82 Å². The number of hydrogen-bond acceptors (Lipinski definition) is 6. The lowest BCUT2D eigenvalue weighted by atomic mass is 9.92. The molecule has 13 heteroatoms. The van der Waals surface area contributed by atoms with Crippen molar-refractivity contribution in [1.82, 2.24) is 14.9 Å². The van der Waals surface area contributed by atoms with Crippen molar-refractivity contribution in [3.8, 4) is 28.3 Å². The number of nitrogens with zero attached hydrogens (tertiary/aromatic N) is 4. The summed E-state index contributed by atoms with van der Waals surface area (Å²) in [5.41, 5.74) is 3.47. The lowest BCUT2D eigenvalue weighted by Crippen LogP contribution is -2.57. The van der Waals surface area contributed by atoms with Crippen LogP contribution in [0.5, 0.6) is 5.75 Å². The maximum absolute atomic E-state index is 17.6. The highest BCUT2D eigenvalue weighted by Crippen LogP contribution is 2.47. The van der Waals surface area contributed by atoms with Gasteiger partial charge in [-0.15, -0.1) is 5.54 Å². The van der Waals surface area contributed by atoms with Gasteiger partial charge in [0.05, 0.1) is 23.2 Å². The zero-order chi connectivity index (χ0) is 46.0. The van der Waals surface area contributed by atoms with Crippen LogP contribution in [0.3, 0.4) is 0 Å². The van der Waals surface area contributed by atoms with Gasteiger partial charge in [-0.1, -0.05) is 95.1 Å². The summed E-state index contributed by atoms with van der Waals surface area (Å²) in [6.07, 6.45) is -0.222. The summed E-state index contributed by atoms with van der Waals surface area (Å²) in [7, 11) is -5.01. The summed E-state index contributed by atoms with van der Waals surface area (Å²) in [5.74, 6) is 1.08. The monoisotopic (exact) mass is 890 g/mol. The van der Waals surface area contributed by atoms with Crippen LogP contribution in [0.15, 0.2) is 30.3 Å². The molecular formula is C49H66F4N4O3Si2. The molecule has 0 saturated carbocycles. The highest BCUT2D eigenvalue weighted by molar-refractivity contribution is 6.90. The Morgan fingerprint density at radius 3 is 1.85 bits per heavy atom. The van der Waals surface area contributed by atoms with Crippen molar-refractivity contribution in [1.29, 1.82) is 0 Å². The predicted octanol–water partition coefficient (Wildman–Crippen LogP) is 13.7. The molecule has 7 nitrogen and oxygen atoms in total. The van der Waals surface area contributed by atoms with Crippen LogP contribution in [0.2, 0.25) is 33.2 Å². The van der Waals surface area contributed by atoms with Crippen molar-refractivity contribution in [2.24, 2.45) is 0 Å². The van der Waals surface area contributed by atoms with Crippen LogP contribution in [0, 0.1) is 35.0 Å². The Kier molecular flexibility index (Phi) is 13.3. The highest BCUT2D eigenvalue weighted by atomic mass is 28.4. The number of fused-ring (bicyclic) bond motifs is 4. The number of carbonyl (C=O) groups is 1. The molecule has 2 fully saturated rings. The molecule has 2 aliphatic heterocycles. The normalized spacial score (nSPS) is 17.4. The van der Waals surface area contributed by atoms with Gasteiger partial charge in [-0.2, -0.15) is 14.4 Å². The molecule has 0 radical (unpaired) electrons. The van der Waals surface area contributed by atoms with Gasteiger partial charge in [0.1, 0.15) is 42.4 Å². The number of ether oxygens (including phenoxy) is 1. The van der Waals surface area contributed by atoms with Crippen molar-refractivity contribution < 1.29 is 31.5 Å². The first-order valence-electron chi connectivity index (χ1n) is 22.5. The van der Waals surface area contributed by atoms with Crippen molar-refractivity contribution in [2.45, 2.75) is 168 Å². The molecule has 1 aromatic heterocycles. The Hall–Kier alpha value is -4.16. The third-order valence-corrected chi connectivity index (χ3v) is 26.1. The minimum Gasteiger partial charge on any atom is -0.543 e. The summed E-state index contributed by atoms with van der Waals surface area (Å²) in [5, 5.41) is 0.752. The van der Waals surface area contributed by atoms with E-state index in [0.29, 0.717) is 24.0 Å². The van der Waals surface area contributed by atoms with E-state index in [1.807, 2.05) is 26.8 Å². The van der Waals surface area contributed by atoms with Crippen LogP contribution in [-0.2, 0) is 4.74 Å². The van der Waals surface area contributed by atoms with E-state index >= 15 is 17.6 Å². The Morgan fingerprint density at radius 2 is 1.34 bits per heavy atom. The summed E-state index contributed by atoms with van der Waals surface area (Å²) in [6, 6.07) is 7.03. The number of piperazine rings is 1. The summed E-state index contributed by atoms with van der Waals surface area (Å²) < 4.78 is 79.8. The van der Waals surface area contributed by atoms with Crippen LogP contribution >= 0.6 is 0 Å². The van der Waals surface area contributed by atoms with Gasteiger partial charge in [0, 0.05) is 29.4 Å². The second-order valence-corrected chi connectivity index (χ2v) is 31.5. The van der Waals surface area contributed by atoms with Gasteiger partial charge in [0.25, 0.3) is 8.32 Å². The molecule has 6 rings (SSSR count). The number of aromatic nitrogens is 2. The standard InChI is InChI=1S/C49H66F4N4O3Si2/c1-27(2)61(28(3)4,29(5)6)21-20-37-40(50)19-16-33-22-36(60-62(30(7)8,31(9)10)32(11)12)23-38(42(33)37)43-41(51)24-39-45(44(43)52)54-47(53)55-46(39)56-25-34-17-18-35(26-56)57(34)48(58)59-49(13,14)15/h16,19,22-24,27-32,34-35H,17-18,25-26H2,1-15H3/t34-,35+. The molecule has 336 valence electrons. The first-order chi connectivity index (χ1) is 28.8. The number of rotatable bonds is 10. The molecule has 2 atom stereocenters. The summed E-state index contributed by atoms with van der Waals surface area (Å²) in [4.78, 5) is 24.8. The number of anilines is 1. The van der Waals surface area contributed by atoms with Gasteiger partial charge in [-0.25, -0.2) is 18.0 Å². The van der Waals surface area contributed by atoms with Gasteiger partial charge in [0.2, 0.25) is 0 Å². The van der Waals surface area contributed by atoms with E-state index in [2.05, 4.69) is 105 Å². The topological polar surface area (TPSA) is 67.8 Å².